The van der Waals surface area contributed by atoms with Gasteiger partial charge in [0.1, 0.15) is 0 Å². The van der Waals surface area contributed by atoms with Gasteiger partial charge in [-0.05, 0) is 43.0 Å². The van der Waals surface area contributed by atoms with E-state index in [1.807, 2.05) is 23.7 Å². The number of rotatable bonds is 3. The molecule has 3 heteroatoms. The quantitative estimate of drug-likeness (QED) is 0.739. The molecule has 0 radical (unpaired) electrons. The monoisotopic (exact) mass is 268 g/mol. The molecule has 0 saturated carbocycles. The second-order valence-electron chi connectivity index (χ2n) is 4.80. The lowest BCUT2D eigenvalue weighted by Crippen LogP contribution is -2.05. The van der Waals surface area contributed by atoms with Gasteiger partial charge in [-0.1, -0.05) is 18.2 Å². The minimum atomic E-state index is 0.293. The van der Waals surface area contributed by atoms with E-state index in [0.29, 0.717) is 6.04 Å². The molecule has 2 heterocycles. The van der Waals surface area contributed by atoms with Gasteiger partial charge in [0.15, 0.2) is 0 Å². The van der Waals surface area contributed by atoms with Gasteiger partial charge in [0.25, 0.3) is 0 Å². The first-order valence-corrected chi connectivity index (χ1v) is 7.21. The number of aromatic nitrogens is 1. The number of fused-ring (bicyclic) bond motifs is 1. The number of benzene rings is 1. The highest BCUT2D eigenvalue weighted by molar-refractivity contribution is 7.19. The molecule has 0 amide bonds. The minimum absolute atomic E-state index is 0.293. The van der Waals surface area contributed by atoms with Crippen molar-refractivity contribution < 1.29 is 0 Å². The van der Waals surface area contributed by atoms with E-state index in [1.165, 1.54) is 20.5 Å². The summed E-state index contributed by atoms with van der Waals surface area (Å²) >= 11 is 1.85. The van der Waals surface area contributed by atoms with Gasteiger partial charge in [-0.15, -0.1) is 11.3 Å². The number of anilines is 1. The highest BCUT2D eigenvalue weighted by Crippen LogP contribution is 2.31. The number of hydrogen-bond donors (Lipinski definition) is 1. The van der Waals surface area contributed by atoms with Crippen molar-refractivity contribution in [3.8, 4) is 0 Å². The Morgan fingerprint density at radius 2 is 2.00 bits per heavy atom. The van der Waals surface area contributed by atoms with Crippen molar-refractivity contribution in [2.75, 3.05) is 5.32 Å². The molecule has 0 bridgehead atoms. The van der Waals surface area contributed by atoms with Gasteiger partial charge >= 0.3 is 0 Å². The number of nitrogens with one attached hydrogen (secondary N) is 1. The molecule has 0 fully saturated rings. The van der Waals surface area contributed by atoms with Crippen LogP contribution in [0.15, 0.2) is 48.8 Å². The first-order chi connectivity index (χ1) is 9.22. The van der Waals surface area contributed by atoms with Crippen LogP contribution in [0.5, 0.6) is 0 Å². The lowest BCUT2D eigenvalue weighted by Gasteiger charge is -2.13. The fraction of sp³-hybridized carbons (Fsp3) is 0.188. The molecule has 1 aromatic carbocycles. The van der Waals surface area contributed by atoms with Gasteiger partial charge in [-0.3, -0.25) is 4.98 Å². The van der Waals surface area contributed by atoms with Crippen molar-refractivity contribution in [3.05, 3.63) is 59.2 Å². The second kappa shape index (κ2) is 5.02. The fourth-order valence-corrected chi connectivity index (χ4v) is 3.24. The molecule has 0 aliphatic rings. The molecule has 0 spiro atoms. The smallest absolute Gasteiger partial charge is 0.0579 e. The molecular formula is C16H16N2S. The molecular weight excluding hydrogens is 252 g/mol. The molecule has 2 aromatic heterocycles. The molecule has 3 rings (SSSR count). The topological polar surface area (TPSA) is 24.9 Å². The molecule has 1 unspecified atom stereocenters. The Hall–Kier alpha value is -1.87. The van der Waals surface area contributed by atoms with E-state index in [4.69, 9.17) is 0 Å². The average Bonchev–Trinajstić information content (AvgIpc) is 2.82. The van der Waals surface area contributed by atoms with Crippen molar-refractivity contribution in [1.29, 1.82) is 0 Å². The standard InChI is InChI=1S/C16H16N2S/c1-11-7-14(10-17-9-11)18-12(2)16-8-13-5-3-4-6-15(13)19-16/h3-10,12,18H,1-2H3. The molecule has 1 N–H and O–H groups in total. The molecule has 19 heavy (non-hydrogen) atoms. The Morgan fingerprint density at radius 3 is 2.79 bits per heavy atom. The van der Waals surface area contributed by atoms with Crippen LogP contribution < -0.4 is 5.32 Å². The zero-order valence-electron chi connectivity index (χ0n) is 11.1. The second-order valence-corrected chi connectivity index (χ2v) is 5.92. The SMILES string of the molecule is Cc1cncc(NC(C)c2cc3ccccc3s2)c1. The third-order valence-electron chi connectivity index (χ3n) is 3.13. The van der Waals surface area contributed by atoms with Crippen LogP contribution >= 0.6 is 11.3 Å². The Balaban J connectivity index is 1.85. The number of thiophene rings is 1. The van der Waals surface area contributed by atoms with Gasteiger partial charge in [0.05, 0.1) is 11.7 Å². The van der Waals surface area contributed by atoms with E-state index in [9.17, 15) is 0 Å². The molecule has 2 nitrogen and oxygen atoms in total. The van der Waals surface area contributed by atoms with E-state index in [0.717, 1.165) is 5.69 Å². The predicted octanol–water partition coefficient (Wildman–Crippen LogP) is 4.78. The van der Waals surface area contributed by atoms with Crippen molar-refractivity contribution in [2.24, 2.45) is 0 Å². The summed E-state index contributed by atoms with van der Waals surface area (Å²) in [7, 11) is 0. The fourth-order valence-electron chi connectivity index (χ4n) is 2.17. The molecule has 0 aliphatic carbocycles. The Bertz CT molecular complexity index is 670. The van der Waals surface area contributed by atoms with Crippen molar-refractivity contribution in [3.63, 3.8) is 0 Å². The maximum absolute atomic E-state index is 4.21. The normalized spacial score (nSPS) is 12.5. The third-order valence-corrected chi connectivity index (χ3v) is 4.43. The Kier molecular flexibility index (Phi) is 3.22. The third kappa shape index (κ3) is 2.61. The minimum Gasteiger partial charge on any atom is -0.376 e. The van der Waals surface area contributed by atoms with Crippen LogP contribution in [0.25, 0.3) is 10.1 Å². The van der Waals surface area contributed by atoms with Crippen molar-refractivity contribution in [1.82, 2.24) is 4.98 Å². The highest BCUT2D eigenvalue weighted by Gasteiger charge is 2.09. The summed E-state index contributed by atoms with van der Waals surface area (Å²) in [6.07, 6.45) is 3.74. The predicted molar refractivity (Wildman–Crippen MR) is 82.8 cm³/mol. The summed E-state index contributed by atoms with van der Waals surface area (Å²) in [5, 5.41) is 4.83. The summed E-state index contributed by atoms with van der Waals surface area (Å²) in [5.74, 6) is 0. The van der Waals surface area contributed by atoms with Crippen molar-refractivity contribution in [2.45, 2.75) is 19.9 Å². The van der Waals surface area contributed by atoms with E-state index in [2.05, 4.69) is 60.5 Å². The summed E-state index contributed by atoms with van der Waals surface area (Å²) in [6.45, 7) is 4.25. The van der Waals surface area contributed by atoms with E-state index < -0.39 is 0 Å². The van der Waals surface area contributed by atoms with E-state index in [1.54, 1.807) is 0 Å². The van der Waals surface area contributed by atoms with Crippen LogP contribution in [-0.4, -0.2) is 4.98 Å². The van der Waals surface area contributed by atoms with Gasteiger partial charge in [-0.2, -0.15) is 0 Å². The van der Waals surface area contributed by atoms with Crippen LogP contribution in [0.2, 0.25) is 0 Å². The van der Waals surface area contributed by atoms with Crippen LogP contribution in [0.4, 0.5) is 5.69 Å². The largest absolute Gasteiger partial charge is 0.376 e. The van der Waals surface area contributed by atoms with Gasteiger partial charge < -0.3 is 5.32 Å². The van der Waals surface area contributed by atoms with Crippen LogP contribution in [0, 0.1) is 6.92 Å². The summed E-state index contributed by atoms with van der Waals surface area (Å²) < 4.78 is 1.34. The number of hydrogen-bond acceptors (Lipinski definition) is 3. The number of aryl methyl sites for hydroxylation is 1. The average molecular weight is 268 g/mol. The molecule has 0 aliphatic heterocycles. The van der Waals surface area contributed by atoms with Gasteiger partial charge in [0, 0.05) is 22.0 Å². The number of pyridine rings is 1. The Morgan fingerprint density at radius 1 is 1.16 bits per heavy atom. The lowest BCUT2D eigenvalue weighted by atomic mass is 10.2. The number of nitrogens with zero attached hydrogens (tertiary/aromatic N) is 1. The van der Waals surface area contributed by atoms with E-state index >= 15 is 0 Å². The maximum atomic E-state index is 4.21. The zero-order valence-corrected chi connectivity index (χ0v) is 11.9. The molecule has 96 valence electrons. The molecule has 1 atom stereocenters. The first-order valence-electron chi connectivity index (χ1n) is 6.39. The van der Waals surface area contributed by atoms with Gasteiger partial charge in [0.2, 0.25) is 0 Å². The molecule has 0 saturated heterocycles. The van der Waals surface area contributed by atoms with E-state index in [-0.39, 0.29) is 0 Å². The molecule has 3 aromatic rings. The zero-order chi connectivity index (χ0) is 13.2. The van der Waals surface area contributed by atoms with Crippen LogP contribution in [0.1, 0.15) is 23.4 Å². The summed E-state index contributed by atoms with van der Waals surface area (Å²) in [4.78, 5) is 5.56. The maximum Gasteiger partial charge on any atom is 0.0579 e. The summed E-state index contributed by atoms with van der Waals surface area (Å²) in [6, 6.07) is 13.2. The van der Waals surface area contributed by atoms with Gasteiger partial charge in [-0.25, -0.2) is 0 Å². The van der Waals surface area contributed by atoms with Crippen LogP contribution in [0.3, 0.4) is 0 Å². The first kappa shape index (κ1) is 12.2. The lowest BCUT2D eigenvalue weighted by molar-refractivity contribution is 0.906. The van der Waals surface area contributed by atoms with Crippen molar-refractivity contribution >= 4 is 27.1 Å². The summed E-state index contributed by atoms with van der Waals surface area (Å²) in [5.41, 5.74) is 2.25. The Labute approximate surface area is 117 Å². The van der Waals surface area contributed by atoms with Crippen LogP contribution in [-0.2, 0) is 0 Å². The highest BCUT2D eigenvalue weighted by atomic mass is 32.1.